The van der Waals surface area contributed by atoms with Gasteiger partial charge in [0.05, 0.1) is 0 Å². The highest BCUT2D eigenvalue weighted by molar-refractivity contribution is 7.09. The van der Waals surface area contributed by atoms with Crippen LogP contribution in [0.4, 0.5) is 0 Å². The predicted molar refractivity (Wildman–Crippen MR) is 73.7 cm³/mol. The van der Waals surface area contributed by atoms with Gasteiger partial charge >= 0.3 is 0 Å². The second-order valence-electron chi connectivity index (χ2n) is 5.41. The molecule has 98 valence electrons. The molecule has 0 bridgehead atoms. The highest BCUT2D eigenvalue weighted by Crippen LogP contribution is 2.26. The van der Waals surface area contributed by atoms with Crippen molar-refractivity contribution in [2.75, 3.05) is 26.2 Å². The van der Waals surface area contributed by atoms with Crippen LogP contribution < -0.4 is 5.32 Å². The smallest absolute Gasteiger partial charge is 0.222 e. The zero-order chi connectivity index (χ0) is 12.4. The van der Waals surface area contributed by atoms with E-state index >= 15 is 0 Å². The number of amides is 1. The van der Waals surface area contributed by atoms with E-state index in [0.29, 0.717) is 24.2 Å². The molecule has 0 saturated carbocycles. The van der Waals surface area contributed by atoms with Crippen LogP contribution in [0, 0.1) is 11.8 Å². The fourth-order valence-electron chi connectivity index (χ4n) is 3.09. The average molecular weight is 264 g/mol. The molecule has 3 heterocycles. The summed E-state index contributed by atoms with van der Waals surface area (Å²) in [5.41, 5.74) is 0. The summed E-state index contributed by atoms with van der Waals surface area (Å²) in [7, 11) is 0. The van der Waals surface area contributed by atoms with Crippen LogP contribution in [0.25, 0.3) is 0 Å². The second-order valence-corrected chi connectivity index (χ2v) is 6.44. The van der Waals surface area contributed by atoms with E-state index in [1.165, 1.54) is 4.88 Å². The van der Waals surface area contributed by atoms with Crippen molar-refractivity contribution in [2.24, 2.45) is 11.8 Å². The van der Waals surface area contributed by atoms with Gasteiger partial charge in [0.1, 0.15) is 0 Å². The Morgan fingerprint density at radius 1 is 1.39 bits per heavy atom. The largest absolute Gasteiger partial charge is 0.342 e. The lowest BCUT2D eigenvalue weighted by Gasteiger charge is -2.17. The quantitative estimate of drug-likeness (QED) is 0.898. The van der Waals surface area contributed by atoms with Gasteiger partial charge in [-0.05, 0) is 36.1 Å². The Morgan fingerprint density at radius 3 is 2.83 bits per heavy atom. The number of fused-ring (bicyclic) bond motifs is 1. The number of rotatable bonds is 4. The Balaban J connectivity index is 1.42. The number of aryl methyl sites for hydroxylation is 1. The molecule has 4 heteroatoms. The molecule has 2 aliphatic rings. The molecule has 0 unspecified atom stereocenters. The van der Waals surface area contributed by atoms with Crippen LogP contribution in [0.3, 0.4) is 0 Å². The standard InChI is InChI=1S/C14H20N2OS/c17-14(5-1-3-13-4-2-6-18-13)16-9-11-7-15-8-12(11)10-16/h2,4,6,11-12,15H,1,3,5,7-10H2/t11-,12+. The molecule has 1 aromatic heterocycles. The summed E-state index contributed by atoms with van der Waals surface area (Å²) in [6, 6.07) is 4.23. The van der Waals surface area contributed by atoms with Gasteiger partial charge in [-0.3, -0.25) is 4.79 Å². The number of nitrogens with one attached hydrogen (secondary N) is 1. The number of carbonyl (C=O) groups is 1. The average Bonchev–Trinajstić information content (AvgIpc) is 3.04. The number of likely N-dealkylation sites (tertiary alicyclic amines) is 1. The molecule has 1 aromatic rings. The Morgan fingerprint density at radius 2 is 2.17 bits per heavy atom. The highest BCUT2D eigenvalue weighted by atomic mass is 32.1. The Bertz CT molecular complexity index is 392. The minimum atomic E-state index is 0.362. The van der Waals surface area contributed by atoms with Crippen LogP contribution in [0.15, 0.2) is 17.5 Å². The topological polar surface area (TPSA) is 32.3 Å². The first-order valence-electron chi connectivity index (χ1n) is 6.84. The zero-order valence-corrected chi connectivity index (χ0v) is 11.4. The van der Waals surface area contributed by atoms with E-state index in [-0.39, 0.29) is 0 Å². The van der Waals surface area contributed by atoms with Crippen molar-refractivity contribution in [3.8, 4) is 0 Å². The Labute approximate surface area is 112 Å². The summed E-state index contributed by atoms with van der Waals surface area (Å²) in [6.07, 6.45) is 2.75. The summed E-state index contributed by atoms with van der Waals surface area (Å²) >= 11 is 1.79. The van der Waals surface area contributed by atoms with Gasteiger partial charge in [-0.1, -0.05) is 6.07 Å². The van der Waals surface area contributed by atoms with E-state index in [1.807, 2.05) is 0 Å². The van der Waals surface area contributed by atoms with Crippen LogP contribution in [-0.4, -0.2) is 37.0 Å². The zero-order valence-electron chi connectivity index (χ0n) is 10.6. The van der Waals surface area contributed by atoms with Gasteiger partial charge in [-0.15, -0.1) is 11.3 Å². The molecular weight excluding hydrogens is 244 g/mol. The normalized spacial score (nSPS) is 26.6. The van der Waals surface area contributed by atoms with E-state index in [1.54, 1.807) is 11.3 Å². The predicted octanol–water partition coefficient (Wildman–Crippen LogP) is 1.75. The fraction of sp³-hybridized carbons (Fsp3) is 0.643. The van der Waals surface area contributed by atoms with Crippen molar-refractivity contribution in [1.82, 2.24) is 10.2 Å². The molecule has 0 aliphatic carbocycles. The monoisotopic (exact) mass is 264 g/mol. The van der Waals surface area contributed by atoms with Gasteiger partial charge < -0.3 is 10.2 Å². The van der Waals surface area contributed by atoms with Crippen LogP contribution in [0.2, 0.25) is 0 Å². The lowest BCUT2D eigenvalue weighted by atomic mass is 10.0. The van der Waals surface area contributed by atoms with Crippen molar-refractivity contribution in [1.29, 1.82) is 0 Å². The third-order valence-electron chi connectivity index (χ3n) is 4.14. The number of nitrogens with zero attached hydrogens (tertiary/aromatic N) is 1. The summed E-state index contributed by atoms with van der Waals surface area (Å²) in [6.45, 7) is 4.16. The Kier molecular flexibility index (Phi) is 3.66. The third-order valence-corrected chi connectivity index (χ3v) is 5.07. The van der Waals surface area contributed by atoms with Crippen molar-refractivity contribution in [3.05, 3.63) is 22.4 Å². The maximum atomic E-state index is 12.1. The number of thiophene rings is 1. The van der Waals surface area contributed by atoms with Gasteiger partial charge in [0, 0.05) is 37.5 Å². The van der Waals surface area contributed by atoms with Crippen LogP contribution in [-0.2, 0) is 11.2 Å². The van der Waals surface area contributed by atoms with Crippen molar-refractivity contribution < 1.29 is 4.79 Å². The molecule has 1 amide bonds. The molecule has 2 atom stereocenters. The second kappa shape index (κ2) is 5.41. The number of hydrogen-bond donors (Lipinski definition) is 1. The lowest BCUT2D eigenvalue weighted by molar-refractivity contribution is -0.130. The number of hydrogen-bond acceptors (Lipinski definition) is 3. The minimum Gasteiger partial charge on any atom is -0.342 e. The molecule has 2 saturated heterocycles. The molecular formula is C14H20N2OS. The van der Waals surface area contributed by atoms with Crippen molar-refractivity contribution in [3.63, 3.8) is 0 Å². The van der Waals surface area contributed by atoms with Crippen LogP contribution in [0.5, 0.6) is 0 Å². The fourth-order valence-corrected chi connectivity index (χ4v) is 3.84. The van der Waals surface area contributed by atoms with E-state index in [4.69, 9.17) is 0 Å². The third kappa shape index (κ3) is 2.59. The molecule has 0 aromatic carbocycles. The molecule has 0 radical (unpaired) electrons. The minimum absolute atomic E-state index is 0.362. The maximum absolute atomic E-state index is 12.1. The van der Waals surface area contributed by atoms with Crippen LogP contribution >= 0.6 is 11.3 Å². The molecule has 1 N–H and O–H groups in total. The molecule has 2 fully saturated rings. The van der Waals surface area contributed by atoms with Crippen LogP contribution in [0.1, 0.15) is 17.7 Å². The van der Waals surface area contributed by atoms with Gasteiger partial charge in [-0.25, -0.2) is 0 Å². The first-order valence-corrected chi connectivity index (χ1v) is 7.72. The molecule has 3 rings (SSSR count). The summed E-state index contributed by atoms with van der Waals surface area (Å²) in [5, 5.41) is 5.51. The van der Waals surface area contributed by atoms with Gasteiger partial charge in [-0.2, -0.15) is 0 Å². The summed E-state index contributed by atoms with van der Waals surface area (Å²) in [4.78, 5) is 15.6. The summed E-state index contributed by atoms with van der Waals surface area (Å²) in [5.74, 6) is 1.79. The molecule has 18 heavy (non-hydrogen) atoms. The van der Waals surface area contributed by atoms with Gasteiger partial charge in [0.2, 0.25) is 5.91 Å². The van der Waals surface area contributed by atoms with E-state index in [2.05, 4.69) is 27.7 Å². The highest BCUT2D eigenvalue weighted by Gasteiger charge is 2.37. The molecule has 2 aliphatic heterocycles. The lowest BCUT2D eigenvalue weighted by Crippen LogP contribution is -2.31. The first-order chi connectivity index (χ1) is 8.83. The van der Waals surface area contributed by atoms with Gasteiger partial charge in [0.25, 0.3) is 0 Å². The summed E-state index contributed by atoms with van der Waals surface area (Å²) < 4.78 is 0. The molecule has 0 spiro atoms. The first kappa shape index (κ1) is 12.2. The van der Waals surface area contributed by atoms with Crippen molar-refractivity contribution in [2.45, 2.75) is 19.3 Å². The van der Waals surface area contributed by atoms with E-state index < -0.39 is 0 Å². The Hall–Kier alpha value is -0.870. The van der Waals surface area contributed by atoms with E-state index in [9.17, 15) is 4.79 Å². The SMILES string of the molecule is O=C(CCCc1cccs1)N1C[C@H]2CNC[C@H]2C1. The van der Waals surface area contributed by atoms with E-state index in [0.717, 1.165) is 39.0 Å². The number of carbonyl (C=O) groups excluding carboxylic acids is 1. The molecule has 3 nitrogen and oxygen atoms in total. The maximum Gasteiger partial charge on any atom is 0.222 e. The van der Waals surface area contributed by atoms with Gasteiger partial charge in [0.15, 0.2) is 0 Å². The van der Waals surface area contributed by atoms with Crippen molar-refractivity contribution >= 4 is 17.2 Å².